The second kappa shape index (κ2) is 8.27. The zero-order valence-corrected chi connectivity index (χ0v) is 13.5. The van der Waals surface area contributed by atoms with Crippen molar-refractivity contribution in [2.45, 2.75) is 0 Å². The van der Waals surface area contributed by atoms with Crippen molar-refractivity contribution in [3.05, 3.63) is 66.7 Å². The molecular formula is C18H19ClN4. The quantitative estimate of drug-likeness (QED) is 0.644. The van der Waals surface area contributed by atoms with Gasteiger partial charge in [-0.1, -0.05) is 42.5 Å². The van der Waals surface area contributed by atoms with Gasteiger partial charge in [-0.3, -0.25) is 0 Å². The monoisotopic (exact) mass is 326 g/mol. The lowest BCUT2D eigenvalue weighted by Gasteiger charge is -2.10. The Bertz CT molecular complexity index is 787. The van der Waals surface area contributed by atoms with Crippen molar-refractivity contribution in [3.8, 4) is 0 Å². The molecule has 0 unspecified atom stereocenters. The summed E-state index contributed by atoms with van der Waals surface area (Å²) in [6, 6.07) is 21.9. The Morgan fingerprint density at radius 3 is 2.22 bits per heavy atom. The van der Waals surface area contributed by atoms with Gasteiger partial charge in [0.05, 0.1) is 11.4 Å². The van der Waals surface area contributed by atoms with E-state index in [0.29, 0.717) is 6.54 Å². The zero-order valence-electron chi connectivity index (χ0n) is 12.6. The minimum Gasteiger partial charge on any atom is -0.383 e. The first kappa shape index (κ1) is 16.9. The van der Waals surface area contributed by atoms with E-state index in [2.05, 4.69) is 27.7 Å². The highest BCUT2D eigenvalue weighted by Crippen LogP contribution is 2.32. The van der Waals surface area contributed by atoms with Crippen LogP contribution in [0.2, 0.25) is 0 Å². The van der Waals surface area contributed by atoms with E-state index in [1.807, 2.05) is 54.6 Å². The van der Waals surface area contributed by atoms with Crippen molar-refractivity contribution < 1.29 is 0 Å². The number of azo groups is 1. The minimum absolute atomic E-state index is 0. The SMILES string of the molecule is Cl.NCCNc1ccc(N=Nc2ccccc2)c2ccccc12. The standard InChI is InChI=1S/C18H18N4.ClH/c19-12-13-20-17-10-11-18(16-9-5-4-8-15(16)17)22-21-14-6-2-1-3-7-14;/h1-11,20H,12-13,19H2;1H. The van der Waals surface area contributed by atoms with Crippen LogP contribution in [-0.2, 0) is 0 Å². The van der Waals surface area contributed by atoms with Crippen LogP contribution in [0.3, 0.4) is 0 Å². The maximum atomic E-state index is 5.57. The van der Waals surface area contributed by atoms with Gasteiger partial charge in [0.2, 0.25) is 0 Å². The summed E-state index contributed by atoms with van der Waals surface area (Å²) in [7, 11) is 0. The van der Waals surface area contributed by atoms with Gasteiger partial charge >= 0.3 is 0 Å². The van der Waals surface area contributed by atoms with Crippen LogP contribution < -0.4 is 11.1 Å². The minimum atomic E-state index is 0. The molecule has 0 saturated heterocycles. The maximum Gasteiger partial charge on any atom is 0.0936 e. The largest absolute Gasteiger partial charge is 0.383 e. The van der Waals surface area contributed by atoms with Crippen LogP contribution in [0.4, 0.5) is 17.1 Å². The molecular weight excluding hydrogens is 308 g/mol. The lowest BCUT2D eigenvalue weighted by Crippen LogP contribution is -2.13. The highest BCUT2D eigenvalue weighted by Gasteiger charge is 2.04. The van der Waals surface area contributed by atoms with Gasteiger partial charge in [0.1, 0.15) is 0 Å². The molecule has 0 radical (unpaired) electrons. The van der Waals surface area contributed by atoms with E-state index in [4.69, 9.17) is 5.73 Å². The molecule has 0 aliphatic rings. The molecule has 3 N–H and O–H groups in total. The van der Waals surface area contributed by atoms with Crippen LogP contribution in [0.1, 0.15) is 0 Å². The van der Waals surface area contributed by atoms with E-state index in [1.54, 1.807) is 0 Å². The van der Waals surface area contributed by atoms with Crippen molar-refractivity contribution in [2.24, 2.45) is 16.0 Å². The molecule has 0 aromatic heterocycles. The second-order valence-corrected chi connectivity index (χ2v) is 4.93. The molecule has 0 fully saturated rings. The van der Waals surface area contributed by atoms with Crippen LogP contribution in [0.5, 0.6) is 0 Å². The number of nitrogens with two attached hydrogens (primary N) is 1. The van der Waals surface area contributed by atoms with Crippen molar-refractivity contribution in [1.29, 1.82) is 0 Å². The van der Waals surface area contributed by atoms with Gasteiger partial charge in [0.15, 0.2) is 0 Å². The Morgan fingerprint density at radius 1 is 0.783 bits per heavy atom. The highest BCUT2D eigenvalue weighted by atomic mass is 35.5. The summed E-state index contributed by atoms with van der Waals surface area (Å²) in [5.41, 5.74) is 8.34. The number of rotatable bonds is 5. The maximum absolute atomic E-state index is 5.57. The van der Waals surface area contributed by atoms with E-state index >= 15 is 0 Å². The fourth-order valence-electron chi connectivity index (χ4n) is 2.34. The predicted octanol–water partition coefficient (Wildman–Crippen LogP) is 5.05. The Balaban J connectivity index is 0.00000192. The summed E-state index contributed by atoms with van der Waals surface area (Å²) in [5, 5.41) is 14.2. The first-order valence-electron chi connectivity index (χ1n) is 7.31. The number of nitrogens with one attached hydrogen (secondary N) is 1. The number of benzene rings is 3. The van der Waals surface area contributed by atoms with Gasteiger partial charge in [-0.2, -0.15) is 5.11 Å². The van der Waals surface area contributed by atoms with Gasteiger partial charge in [-0.25, -0.2) is 0 Å². The molecule has 0 atom stereocenters. The lowest BCUT2D eigenvalue weighted by atomic mass is 10.1. The molecule has 3 aromatic rings. The molecule has 0 bridgehead atoms. The fourth-order valence-corrected chi connectivity index (χ4v) is 2.34. The molecule has 0 aliphatic carbocycles. The average Bonchev–Trinajstić information content (AvgIpc) is 2.59. The Morgan fingerprint density at radius 2 is 1.48 bits per heavy atom. The van der Waals surface area contributed by atoms with Crippen molar-refractivity contribution in [2.75, 3.05) is 18.4 Å². The molecule has 5 heteroatoms. The number of hydrogen-bond donors (Lipinski definition) is 2. The van der Waals surface area contributed by atoms with Gasteiger partial charge in [-0.05, 0) is 24.3 Å². The molecule has 0 aliphatic heterocycles. The van der Waals surface area contributed by atoms with Crippen LogP contribution in [0.25, 0.3) is 10.8 Å². The molecule has 118 valence electrons. The smallest absolute Gasteiger partial charge is 0.0936 e. The molecule has 0 heterocycles. The van der Waals surface area contributed by atoms with Gasteiger partial charge in [0.25, 0.3) is 0 Å². The molecule has 23 heavy (non-hydrogen) atoms. The molecule has 3 aromatic carbocycles. The van der Waals surface area contributed by atoms with Crippen LogP contribution >= 0.6 is 12.4 Å². The van der Waals surface area contributed by atoms with Crippen LogP contribution in [-0.4, -0.2) is 13.1 Å². The third kappa shape index (κ3) is 4.06. The summed E-state index contributed by atoms with van der Waals surface area (Å²) in [6.07, 6.45) is 0. The van der Waals surface area contributed by atoms with Crippen LogP contribution in [0, 0.1) is 0 Å². The molecule has 0 saturated carbocycles. The average molecular weight is 327 g/mol. The fraction of sp³-hybridized carbons (Fsp3) is 0.111. The Labute approximate surface area is 141 Å². The summed E-state index contributed by atoms with van der Waals surface area (Å²) < 4.78 is 0. The van der Waals surface area contributed by atoms with Gasteiger partial charge < -0.3 is 11.1 Å². The van der Waals surface area contributed by atoms with E-state index in [0.717, 1.165) is 34.4 Å². The second-order valence-electron chi connectivity index (χ2n) is 4.93. The van der Waals surface area contributed by atoms with Gasteiger partial charge in [-0.15, -0.1) is 17.5 Å². The third-order valence-electron chi connectivity index (χ3n) is 3.39. The third-order valence-corrected chi connectivity index (χ3v) is 3.39. The summed E-state index contributed by atoms with van der Waals surface area (Å²) in [5.74, 6) is 0. The van der Waals surface area contributed by atoms with Gasteiger partial charge in [0, 0.05) is 29.5 Å². The van der Waals surface area contributed by atoms with E-state index in [9.17, 15) is 0 Å². The summed E-state index contributed by atoms with van der Waals surface area (Å²) >= 11 is 0. The number of halogens is 1. The molecule has 3 rings (SSSR count). The predicted molar refractivity (Wildman–Crippen MR) is 99.4 cm³/mol. The Hall–Kier alpha value is -2.43. The van der Waals surface area contributed by atoms with Crippen LogP contribution in [0.15, 0.2) is 77.0 Å². The highest BCUT2D eigenvalue weighted by molar-refractivity contribution is 6.00. The van der Waals surface area contributed by atoms with E-state index in [1.165, 1.54) is 0 Å². The Kier molecular flexibility index (Phi) is 6.09. The molecule has 4 nitrogen and oxygen atoms in total. The number of nitrogens with zero attached hydrogens (tertiary/aromatic N) is 2. The topological polar surface area (TPSA) is 62.8 Å². The number of fused-ring (bicyclic) bond motifs is 1. The van der Waals surface area contributed by atoms with E-state index in [-0.39, 0.29) is 12.4 Å². The first-order valence-corrected chi connectivity index (χ1v) is 7.31. The van der Waals surface area contributed by atoms with Crippen molar-refractivity contribution in [1.82, 2.24) is 0 Å². The van der Waals surface area contributed by atoms with Crippen molar-refractivity contribution >= 4 is 40.2 Å². The first-order chi connectivity index (χ1) is 10.9. The summed E-state index contributed by atoms with van der Waals surface area (Å²) in [4.78, 5) is 0. The molecule has 0 spiro atoms. The van der Waals surface area contributed by atoms with Crippen molar-refractivity contribution in [3.63, 3.8) is 0 Å². The lowest BCUT2D eigenvalue weighted by molar-refractivity contribution is 1.03. The summed E-state index contributed by atoms with van der Waals surface area (Å²) in [6.45, 7) is 1.35. The molecule has 0 amide bonds. The zero-order chi connectivity index (χ0) is 15.2. The number of hydrogen-bond acceptors (Lipinski definition) is 4. The van der Waals surface area contributed by atoms with E-state index < -0.39 is 0 Å². The normalized spacial score (nSPS) is 10.7. The number of anilines is 1.